The zero-order valence-corrected chi connectivity index (χ0v) is 16.0. The lowest BCUT2D eigenvalue weighted by Gasteiger charge is -2.25. The van der Waals surface area contributed by atoms with E-state index in [1.807, 2.05) is 26.8 Å². The Balaban J connectivity index is 1.89. The fourth-order valence-electron chi connectivity index (χ4n) is 3.69. The van der Waals surface area contributed by atoms with Gasteiger partial charge >= 0.3 is 0 Å². The Morgan fingerprint density at radius 2 is 1.88 bits per heavy atom. The maximum Gasteiger partial charge on any atom is 0.242 e. The first-order valence-corrected chi connectivity index (χ1v) is 9.61. The lowest BCUT2D eigenvalue weighted by atomic mass is 9.83. The highest BCUT2D eigenvalue weighted by atomic mass is 16.5. The molecule has 1 saturated carbocycles. The van der Waals surface area contributed by atoms with Crippen molar-refractivity contribution in [1.82, 2.24) is 0 Å². The zero-order chi connectivity index (χ0) is 18.5. The van der Waals surface area contributed by atoms with Crippen LogP contribution in [0.25, 0.3) is 0 Å². The SMILES string of the molecule is CC=C/N=C1/OC(C)C(c2ccc(C3CCCCC3)cc2)=N/C1=C(/C)N. The third kappa shape index (κ3) is 4.06. The predicted molar refractivity (Wildman–Crippen MR) is 108 cm³/mol. The molecule has 1 aliphatic heterocycles. The van der Waals surface area contributed by atoms with Crippen LogP contribution in [0.1, 0.15) is 69.9 Å². The van der Waals surface area contributed by atoms with Gasteiger partial charge in [0.05, 0.1) is 5.71 Å². The minimum absolute atomic E-state index is 0.164. The summed E-state index contributed by atoms with van der Waals surface area (Å²) in [6.45, 7) is 5.74. The van der Waals surface area contributed by atoms with E-state index in [9.17, 15) is 0 Å². The lowest BCUT2D eigenvalue weighted by molar-refractivity contribution is 0.268. The van der Waals surface area contributed by atoms with E-state index in [2.05, 4.69) is 29.3 Å². The third-order valence-electron chi connectivity index (χ3n) is 5.11. The molecule has 2 aliphatic rings. The minimum Gasteiger partial charge on any atom is -0.467 e. The van der Waals surface area contributed by atoms with Crippen LogP contribution in [0.15, 0.2) is 57.9 Å². The van der Waals surface area contributed by atoms with Gasteiger partial charge in [-0.2, -0.15) is 0 Å². The molecule has 1 fully saturated rings. The van der Waals surface area contributed by atoms with E-state index in [4.69, 9.17) is 15.5 Å². The fraction of sp³-hybridized carbons (Fsp3) is 0.455. The molecule has 3 rings (SSSR count). The van der Waals surface area contributed by atoms with Crippen molar-refractivity contribution in [3.8, 4) is 0 Å². The molecule has 1 heterocycles. The Bertz CT molecular complexity index is 746. The van der Waals surface area contributed by atoms with Crippen molar-refractivity contribution in [2.45, 2.75) is 64.9 Å². The van der Waals surface area contributed by atoms with E-state index in [-0.39, 0.29) is 6.10 Å². The van der Waals surface area contributed by atoms with Crippen LogP contribution in [0.5, 0.6) is 0 Å². The van der Waals surface area contributed by atoms with Crippen molar-refractivity contribution in [2.75, 3.05) is 0 Å². The first-order chi connectivity index (χ1) is 12.6. The second kappa shape index (κ2) is 8.35. The third-order valence-corrected chi connectivity index (χ3v) is 5.11. The largest absolute Gasteiger partial charge is 0.467 e. The van der Waals surface area contributed by atoms with E-state index in [1.54, 1.807) is 6.20 Å². The molecule has 138 valence electrons. The van der Waals surface area contributed by atoms with Crippen LogP contribution in [0.4, 0.5) is 0 Å². The second-order valence-corrected chi connectivity index (χ2v) is 7.16. The highest BCUT2D eigenvalue weighted by molar-refractivity contribution is 6.11. The smallest absolute Gasteiger partial charge is 0.242 e. The van der Waals surface area contributed by atoms with Crippen molar-refractivity contribution in [2.24, 2.45) is 15.7 Å². The van der Waals surface area contributed by atoms with Gasteiger partial charge < -0.3 is 10.5 Å². The Morgan fingerprint density at radius 3 is 2.50 bits per heavy atom. The molecule has 4 nitrogen and oxygen atoms in total. The summed E-state index contributed by atoms with van der Waals surface area (Å²) >= 11 is 0. The molecule has 0 spiro atoms. The molecule has 2 N–H and O–H groups in total. The molecule has 1 unspecified atom stereocenters. The molecular formula is C22H29N3O. The number of hydrogen-bond donors (Lipinski definition) is 1. The number of rotatable bonds is 3. The first-order valence-electron chi connectivity index (χ1n) is 9.61. The van der Waals surface area contributed by atoms with Gasteiger partial charge in [-0.25, -0.2) is 9.98 Å². The van der Waals surface area contributed by atoms with Gasteiger partial charge in [0.1, 0.15) is 11.8 Å². The quantitative estimate of drug-likeness (QED) is 0.827. The lowest BCUT2D eigenvalue weighted by Crippen LogP contribution is -2.32. The molecule has 26 heavy (non-hydrogen) atoms. The molecule has 0 amide bonds. The molecule has 4 heteroatoms. The highest BCUT2D eigenvalue weighted by Gasteiger charge is 2.26. The summed E-state index contributed by atoms with van der Waals surface area (Å²) in [5.41, 5.74) is 10.7. The molecule has 1 atom stereocenters. The topological polar surface area (TPSA) is 60.0 Å². The highest BCUT2D eigenvalue weighted by Crippen LogP contribution is 2.33. The van der Waals surface area contributed by atoms with Crippen molar-refractivity contribution in [1.29, 1.82) is 0 Å². The predicted octanol–water partition coefficient (Wildman–Crippen LogP) is 5.06. The van der Waals surface area contributed by atoms with E-state index in [0.717, 1.165) is 11.3 Å². The number of hydrogen-bond acceptors (Lipinski definition) is 4. The zero-order valence-electron chi connectivity index (χ0n) is 16.0. The average molecular weight is 351 g/mol. The summed E-state index contributed by atoms with van der Waals surface area (Å²) in [6, 6.07) is 8.84. The molecule has 0 aromatic heterocycles. The van der Waals surface area contributed by atoms with Crippen molar-refractivity contribution in [3.05, 3.63) is 59.1 Å². The normalized spacial score (nSPS) is 25.3. The van der Waals surface area contributed by atoms with E-state index in [0.29, 0.717) is 23.2 Å². The van der Waals surface area contributed by atoms with E-state index >= 15 is 0 Å². The van der Waals surface area contributed by atoms with Crippen LogP contribution in [0, 0.1) is 0 Å². The molecule has 1 aromatic rings. The van der Waals surface area contributed by atoms with Gasteiger partial charge in [-0.15, -0.1) is 0 Å². The number of nitrogens with zero attached hydrogens (tertiary/aromatic N) is 2. The van der Waals surface area contributed by atoms with Gasteiger partial charge in [0.25, 0.3) is 0 Å². The number of ether oxygens (including phenoxy) is 1. The molecule has 1 aromatic carbocycles. The van der Waals surface area contributed by atoms with Gasteiger partial charge in [0.15, 0.2) is 0 Å². The van der Waals surface area contributed by atoms with Gasteiger partial charge in [-0.1, -0.05) is 49.6 Å². The van der Waals surface area contributed by atoms with E-state index in [1.165, 1.54) is 37.7 Å². The van der Waals surface area contributed by atoms with Crippen molar-refractivity contribution < 1.29 is 4.74 Å². The molecule has 0 saturated heterocycles. The number of nitrogens with two attached hydrogens (primary N) is 1. The van der Waals surface area contributed by atoms with Crippen LogP contribution in [0.2, 0.25) is 0 Å². The van der Waals surface area contributed by atoms with Gasteiger partial charge in [-0.3, -0.25) is 0 Å². The Hall–Kier alpha value is -2.36. The van der Waals surface area contributed by atoms with Crippen molar-refractivity contribution >= 4 is 11.6 Å². The monoisotopic (exact) mass is 351 g/mol. The molecule has 1 aliphatic carbocycles. The molecule has 0 bridgehead atoms. The Kier molecular flexibility index (Phi) is 5.92. The summed E-state index contributed by atoms with van der Waals surface area (Å²) in [5, 5.41) is 0. The minimum atomic E-state index is -0.164. The summed E-state index contributed by atoms with van der Waals surface area (Å²) in [4.78, 5) is 9.12. The van der Waals surface area contributed by atoms with Crippen LogP contribution < -0.4 is 5.73 Å². The summed E-state index contributed by atoms with van der Waals surface area (Å²) in [7, 11) is 0. The van der Waals surface area contributed by atoms with Gasteiger partial charge in [0, 0.05) is 11.9 Å². The van der Waals surface area contributed by atoms with E-state index < -0.39 is 0 Å². The number of benzene rings is 1. The first kappa shape index (κ1) is 18.4. The summed E-state index contributed by atoms with van der Waals surface area (Å²) in [5.74, 6) is 1.19. The number of allylic oxidation sites excluding steroid dienone is 2. The molecular weight excluding hydrogens is 322 g/mol. The summed E-state index contributed by atoms with van der Waals surface area (Å²) < 4.78 is 6.01. The maximum absolute atomic E-state index is 6.02. The average Bonchev–Trinajstić information content (AvgIpc) is 2.67. The Labute approximate surface area is 156 Å². The second-order valence-electron chi connectivity index (χ2n) is 7.16. The maximum atomic E-state index is 6.02. The van der Waals surface area contributed by atoms with Crippen LogP contribution in [-0.4, -0.2) is 17.7 Å². The Morgan fingerprint density at radius 1 is 1.19 bits per heavy atom. The number of aliphatic imine (C=N–C) groups is 2. The molecule has 0 radical (unpaired) electrons. The fourth-order valence-corrected chi connectivity index (χ4v) is 3.69. The standard InChI is InChI=1S/C22H29N3O/c1-4-14-24-22-20(15(2)23)25-21(16(3)26-22)19-12-10-18(11-13-19)17-8-6-5-7-9-17/h4,10-14,16-17H,5-9,23H2,1-3H3/b14-4?,20-15-,24-22+. The van der Waals surface area contributed by atoms with Crippen LogP contribution >= 0.6 is 0 Å². The van der Waals surface area contributed by atoms with Crippen LogP contribution in [0.3, 0.4) is 0 Å². The van der Waals surface area contributed by atoms with Crippen molar-refractivity contribution in [3.63, 3.8) is 0 Å². The summed E-state index contributed by atoms with van der Waals surface area (Å²) in [6.07, 6.45) is 10.1. The van der Waals surface area contributed by atoms with Gasteiger partial charge in [0.2, 0.25) is 5.90 Å². The van der Waals surface area contributed by atoms with Crippen LogP contribution in [-0.2, 0) is 4.74 Å². The van der Waals surface area contributed by atoms with Gasteiger partial charge in [-0.05, 0) is 50.7 Å².